The zero-order valence-electron chi connectivity index (χ0n) is 10.8. The molecule has 1 aromatic carbocycles. The second kappa shape index (κ2) is 5.21. The highest BCUT2D eigenvalue weighted by atomic mass is 19.1. The van der Waals surface area contributed by atoms with E-state index in [1.165, 1.54) is 17.8 Å². The molecule has 0 aliphatic rings. The third-order valence-corrected chi connectivity index (χ3v) is 3.07. The zero-order chi connectivity index (χ0) is 13.1. The fourth-order valence-electron chi connectivity index (χ4n) is 1.98. The Kier molecular flexibility index (Phi) is 3.65. The Hall–Kier alpha value is -1.84. The van der Waals surface area contributed by atoms with Crippen LogP contribution in [0.15, 0.2) is 24.3 Å². The van der Waals surface area contributed by atoms with Crippen LogP contribution in [0.2, 0.25) is 0 Å². The van der Waals surface area contributed by atoms with Crippen molar-refractivity contribution in [3.05, 3.63) is 47.0 Å². The van der Waals surface area contributed by atoms with Crippen molar-refractivity contribution in [1.82, 2.24) is 9.78 Å². The Morgan fingerprint density at radius 2 is 2.00 bits per heavy atom. The number of hydrogen-bond donors (Lipinski definition) is 1. The standard InChI is InChI=1S/C14H18FN3/c1-3-12-8-13(4-2)18(17-12)9-10-5-6-11(15)7-14(10)16/h5-8H,3-4,9,16H2,1-2H3. The number of aryl methyl sites for hydroxylation is 2. The molecule has 0 spiro atoms. The summed E-state index contributed by atoms with van der Waals surface area (Å²) in [7, 11) is 0. The van der Waals surface area contributed by atoms with E-state index in [4.69, 9.17) is 5.73 Å². The fraction of sp³-hybridized carbons (Fsp3) is 0.357. The Labute approximate surface area is 106 Å². The van der Waals surface area contributed by atoms with Gasteiger partial charge in [0.2, 0.25) is 0 Å². The molecule has 0 radical (unpaired) electrons. The minimum Gasteiger partial charge on any atom is -0.398 e. The van der Waals surface area contributed by atoms with Crippen LogP contribution in [0.5, 0.6) is 0 Å². The summed E-state index contributed by atoms with van der Waals surface area (Å²) in [6.45, 7) is 4.77. The minimum atomic E-state index is -0.304. The number of rotatable bonds is 4. The van der Waals surface area contributed by atoms with Crippen molar-refractivity contribution in [3.8, 4) is 0 Å². The van der Waals surface area contributed by atoms with E-state index in [-0.39, 0.29) is 5.82 Å². The van der Waals surface area contributed by atoms with E-state index in [2.05, 4.69) is 25.0 Å². The average molecular weight is 247 g/mol. The maximum Gasteiger partial charge on any atom is 0.125 e. The predicted octanol–water partition coefficient (Wildman–Crippen LogP) is 2.78. The lowest BCUT2D eigenvalue weighted by molar-refractivity contribution is 0.621. The average Bonchev–Trinajstić information content (AvgIpc) is 2.75. The van der Waals surface area contributed by atoms with Gasteiger partial charge in [-0.25, -0.2) is 4.39 Å². The smallest absolute Gasteiger partial charge is 0.125 e. The maximum atomic E-state index is 13.0. The summed E-state index contributed by atoms with van der Waals surface area (Å²) in [5.74, 6) is -0.304. The van der Waals surface area contributed by atoms with E-state index in [0.717, 1.165) is 24.1 Å². The van der Waals surface area contributed by atoms with Gasteiger partial charge in [-0.3, -0.25) is 4.68 Å². The molecule has 18 heavy (non-hydrogen) atoms. The number of hydrogen-bond acceptors (Lipinski definition) is 2. The summed E-state index contributed by atoms with van der Waals surface area (Å²) < 4.78 is 14.9. The molecule has 0 bridgehead atoms. The molecule has 4 heteroatoms. The lowest BCUT2D eigenvalue weighted by Crippen LogP contribution is -2.08. The molecule has 2 rings (SSSR count). The Morgan fingerprint density at radius 3 is 2.61 bits per heavy atom. The molecule has 1 heterocycles. The van der Waals surface area contributed by atoms with Gasteiger partial charge in [0.1, 0.15) is 5.82 Å². The van der Waals surface area contributed by atoms with Crippen LogP contribution in [-0.4, -0.2) is 9.78 Å². The molecule has 0 saturated heterocycles. The van der Waals surface area contributed by atoms with Crippen LogP contribution in [0.25, 0.3) is 0 Å². The zero-order valence-corrected chi connectivity index (χ0v) is 10.8. The van der Waals surface area contributed by atoms with Crippen LogP contribution < -0.4 is 5.73 Å². The van der Waals surface area contributed by atoms with Gasteiger partial charge in [-0.05, 0) is 36.6 Å². The number of anilines is 1. The van der Waals surface area contributed by atoms with Crippen LogP contribution in [-0.2, 0) is 19.4 Å². The van der Waals surface area contributed by atoms with Gasteiger partial charge in [0.05, 0.1) is 12.2 Å². The SMILES string of the molecule is CCc1cc(CC)n(Cc2ccc(F)cc2N)n1. The lowest BCUT2D eigenvalue weighted by Gasteiger charge is -2.08. The first-order valence-corrected chi connectivity index (χ1v) is 6.23. The third-order valence-electron chi connectivity index (χ3n) is 3.07. The quantitative estimate of drug-likeness (QED) is 0.844. The lowest BCUT2D eigenvalue weighted by atomic mass is 10.1. The van der Waals surface area contributed by atoms with Crippen molar-refractivity contribution in [3.63, 3.8) is 0 Å². The molecule has 2 aromatic rings. The Balaban J connectivity index is 2.30. The van der Waals surface area contributed by atoms with E-state index in [0.29, 0.717) is 12.2 Å². The summed E-state index contributed by atoms with van der Waals surface area (Å²) >= 11 is 0. The van der Waals surface area contributed by atoms with Crippen LogP contribution in [0.4, 0.5) is 10.1 Å². The number of halogens is 1. The number of benzene rings is 1. The molecule has 0 aliphatic carbocycles. The van der Waals surface area contributed by atoms with Crippen LogP contribution >= 0.6 is 0 Å². The number of aromatic nitrogens is 2. The van der Waals surface area contributed by atoms with Crippen LogP contribution in [0, 0.1) is 5.82 Å². The second-order valence-corrected chi connectivity index (χ2v) is 4.33. The molecule has 96 valence electrons. The molecule has 3 nitrogen and oxygen atoms in total. The first-order chi connectivity index (χ1) is 8.63. The summed E-state index contributed by atoms with van der Waals surface area (Å²) in [5.41, 5.74) is 9.45. The minimum absolute atomic E-state index is 0.304. The van der Waals surface area contributed by atoms with E-state index in [9.17, 15) is 4.39 Å². The highest BCUT2D eigenvalue weighted by molar-refractivity contribution is 5.47. The van der Waals surface area contributed by atoms with Crippen molar-refractivity contribution < 1.29 is 4.39 Å². The van der Waals surface area contributed by atoms with Gasteiger partial charge < -0.3 is 5.73 Å². The van der Waals surface area contributed by atoms with E-state index < -0.39 is 0 Å². The summed E-state index contributed by atoms with van der Waals surface area (Å²) in [6.07, 6.45) is 1.84. The highest BCUT2D eigenvalue weighted by Gasteiger charge is 2.08. The third kappa shape index (κ3) is 2.53. The number of nitrogens with two attached hydrogens (primary N) is 1. The number of nitrogen functional groups attached to an aromatic ring is 1. The van der Waals surface area contributed by atoms with Gasteiger partial charge in [-0.2, -0.15) is 5.10 Å². The van der Waals surface area contributed by atoms with Crippen molar-refractivity contribution in [2.45, 2.75) is 33.2 Å². The monoisotopic (exact) mass is 247 g/mol. The predicted molar refractivity (Wildman–Crippen MR) is 70.9 cm³/mol. The Bertz CT molecular complexity index is 546. The van der Waals surface area contributed by atoms with Crippen molar-refractivity contribution in [1.29, 1.82) is 0 Å². The van der Waals surface area contributed by atoms with Crippen molar-refractivity contribution in [2.75, 3.05) is 5.73 Å². The number of nitrogens with zero attached hydrogens (tertiary/aromatic N) is 2. The summed E-state index contributed by atoms with van der Waals surface area (Å²) in [4.78, 5) is 0. The maximum absolute atomic E-state index is 13.0. The fourth-order valence-corrected chi connectivity index (χ4v) is 1.98. The molecular weight excluding hydrogens is 229 g/mol. The second-order valence-electron chi connectivity index (χ2n) is 4.33. The van der Waals surface area contributed by atoms with Gasteiger partial charge in [0.25, 0.3) is 0 Å². The summed E-state index contributed by atoms with van der Waals surface area (Å²) in [6, 6.07) is 6.61. The molecule has 0 atom stereocenters. The van der Waals surface area contributed by atoms with Gasteiger partial charge in [0.15, 0.2) is 0 Å². The molecule has 0 saturated carbocycles. The molecule has 0 unspecified atom stereocenters. The van der Waals surface area contributed by atoms with E-state index in [1.807, 2.05) is 4.68 Å². The van der Waals surface area contributed by atoms with Gasteiger partial charge in [-0.15, -0.1) is 0 Å². The van der Waals surface area contributed by atoms with E-state index in [1.54, 1.807) is 6.07 Å². The van der Waals surface area contributed by atoms with E-state index >= 15 is 0 Å². The molecular formula is C14H18FN3. The topological polar surface area (TPSA) is 43.8 Å². The van der Waals surface area contributed by atoms with Crippen molar-refractivity contribution in [2.24, 2.45) is 0 Å². The molecule has 0 aliphatic heterocycles. The molecule has 0 fully saturated rings. The normalized spacial score (nSPS) is 10.8. The largest absolute Gasteiger partial charge is 0.398 e. The van der Waals surface area contributed by atoms with Gasteiger partial charge >= 0.3 is 0 Å². The summed E-state index contributed by atoms with van der Waals surface area (Å²) in [5, 5.41) is 4.53. The van der Waals surface area contributed by atoms with Crippen LogP contribution in [0.3, 0.4) is 0 Å². The first kappa shape index (κ1) is 12.6. The highest BCUT2D eigenvalue weighted by Crippen LogP contribution is 2.16. The first-order valence-electron chi connectivity index (χ1n) is 6.23. The van der Waals surface area contributed by atoms with Crippen molar-refractivity contribution >= 4 is 5.69 Å². The Morgan fingerprint density at radius 1 is 1.22 bits per heavy atom. The van der Waals surface area contributed by atoms with Crippen LogP contribution in [0.1, 0.15) is 30.8 Å². The van der Waals surface area contributed by atoms with Gasteiger partial charge in [0, 0.05) is 11.4 Å². The molecule has 1 aromatic heterocycles. The van der Waals surface area contributed by atoms with Gasteiger partial charge in [-0.1, -0.05) is 19.9 Å². The molecule has 2 N–H and O–H groups in total. The molecule has 0 amide bonds.